The molecular weight excluding hydrogens is 725 g/mol. The lowest BCUT2D eigenvalue weighted by Gasteiger charge is -2.13. The van der Waals surface area contributed by atoms with Gasteiger partial charge in [-0.3, -0.25) is 0 Å². The number of hydrogen-bond acceptors (Lipinski definition) is 2. The SMILES string of the molecule is Cc1ccc2ccccc2c1-c1ccc2ccc3ccc(-c4ccc5ccc(-c6ccc7ccc8ccc(-c9c(C)ccc%10ccccc9%10)cc8c7n6)cc5c4)nc3c2c1. The molecule has 0 N–H and O–H groups in total. The van der Waals surface area contributed by atoms with Crippen LogP contribution < -0.4 is 0 Å². The fraction of sp³-hybridized carbons (Fsp3) is 0.0345. The molecule has 0 saturated heterocycles. The lowest BCUT2D eigenvalue weighted by Crippen LogP contribution is -1.90. The van der Waals surface area contributed by atoms with Crippen LogP contribution in [0.3, 0.4) is 0 Å². The highest BCUT2D eigenvalue weighted by Gasteiger charge is 2.14. The molecule has 0 spiro atoms. The third-order valence-corrected chi connectivity index (χ3v) is 12.6. The first-order valence-electron chi connectivity index (χ1n) is 20.7. The van der Waals surface area contributed by atoms with E-state index in [2.05, 4.69) is 208 Å². The molecule has 2 aromatic heterocycles. The molecule has 12 rings (SSSR count). The Bertz CT molecular complexity index is 3500. The molecule has 0 radical (unpaired) electrons. The number of nitrogens with zero attached hydrogens (tertiary/aromatic N) is 2. The van der Waals surface area contributed by atoms with Crippen molar-refractivity contribution in [1.82, 2.24) is 9.97 Å². The van der Waals surface area contributed by atoms with Gasteiger partial charge in [-0.15, -0.1) is 0 Å². The number of aromatic nitrogens is 2. The molecular formula is C58H38N2. The molecule has 2 heteroatoms. The number of rotatable bonds is 4. The van der Waals surface area contributed by atoms with Crippen LogP contribution in [0.25, 0.3) is 120 Å². The second kappa shape index (κ2) is 13.4. The van der Waals surface area contributed by atoms with Gasteiger partial charge in [0.15, 0.2) is 0 Å². The Balaban J connectivity index is 0.950. The van der Waals surface area contributed by atoms with Crippen molar-refractivity contribution in [3.8, 4) is 44.8 Å². The molecule has 0 aliphatic heterocycles. The molecule has 0 atom stereocenters. The minimum Gasteiger partial charge on any atom is -0.247 e. The Labute approximate surface area is 348 Å². The molecule has 12 aromatic rings. The van der Waals surface area contributed by atoms with Crippen LogP contribution in [0.15, 0.2) is 194 Å². The highest BCUT2D eigenvalue weighted by Crippen LogP contribution is 2.38. The summed E-state index contributed by atoms with van der Waals surface area (Å²) in [5, 5.41) is 14.4. The van der Waals surface area contributed by atoms with Gasteiger partial charge in [-0.25, -0.2) is 9.97 Å². The van der Waals surface area contributed by atoms with E-state index >= 15 is 0 Å². The van der Waals surface area contributed by atoms with Gasteiger partial charge in [0.1, 0.15) is 0 Å². The van der Waals surface area contributed by atoms with Crippen molar-refractivity contribution >= 4 is 75.7 Å². The van der Waals surface area contributed by atoms with E-state index in [1.54, 1.807) is 0 Å². The Morgan fingerprint density at radius 3 is 1.13 bits per heavy atom. The van der Waals surface area contributed by atoms with Gasteiger partial charge in [0.05, 0.1) is 22.4 Å². The molecule has 0 aliphatic carbocycles. The van der Waals surface area contributed by atoms with Crippen molar-refractivity contribution in [2.75, 3.05) is 0 Å². The summed E-state index contributed by atoms with van der Waals surface area (Å²) >= 11 is 0. The van der Waals surface area contributed by atoms with Gasteiger partial charge in [-0.05, 0) is 127 Å². The Morgan fingerprint density at radius 1 is 0.267 bits per heavy atom. The quantitative estimate of drug-likeness (QED) is 0.167. The fourth-order valence-electron chi connectivity index (χ4n) is 9.54. The topological polar surface area (TPSA) is 25.8 Å². The van der Waals surface area contributed by atoms with Crippen molar-refractivity contribution in [3.63, 3.8) is 0 Å². The zero-order chi connectivity index (χ0) is 39.9. The molecule has 280 valence electrons. The largest absolute Gasteiger partial charge is 0.247 e. The normalized spacial score (nSPS) is 11.8. The number of hydrogen-bond donors (Lipinski definition) is 0. The van der Waals surface area contributed by atoms with Crippen molar-refractivity contribution in [1.29, 1.82) is 0 Å². The van der Waals surface area contributed by atoms with Crippen LogP contribution >= 0.6 is 0 Å². The van der Waals surface area contributed by atoms with E-state index in [9.17, 15) is 0 Å². The highest BCUT2D eigenvalue weighted by molar-refractivity contribution is 6.10. The van der Waals surface area contributed by atoms with Gasteiger partial charge >= 0.3 is 0 Å². The molecule has 0 amide bonds. The van der Waals surface area contributed by atoms with Crippen LogP contribution in [0.2, 0.25) is 0 Å². The lowest BCUT2D eigenvalue weighted by atomic mass is 9.92. The van der Waals surface area contributed by atoms with Gasteiger partial charge in [0, 0.05) is 32.7 Å². The van der Waals surface area contributed by atoms with Gasteiger partial charge in [-0.2, -0.15) is 0 Å². The third kappa shape index (κ3) is 5.56. The minimum atomic E-state index is 0.960. The van der Waals surface area contributed by atoms with E-state index in [-0.39, 0.29) is 0 Å². The van der Waals surface area contributed by atoms with E-state index < -0.39 is 0 Å². The molecule has 0 bridgehead atoms. The maximum Gasteiger partial charge on any atom is 0.0788 e. The molecule has 0 unspecified atom stereocenters. The van der Waals surface area contributed by atoms with Crippen LogP contribution in [-0.2, 0) is 0 Å². The summed E-state index contributed by atoms with van der Waals surface area (Å²) < 4.78 is 0. The van der Waals surface area contributed by atoms with Gasteiger partial charge in [0.2, 0.25) is 0 Å². The number of fused-ring (bicyclic) bond motifs is 9. The summed E-state index contributed by atoms with van der Waals surface area (Å²) in [5.41, 5.74) is 13.7. The Morgan fingerprint density at radius 2 is 0.633 bits per heavy atom. The maximum absolute atomic E-state index is 5.38. The molecule has 0 aliphatic rings. The number of benzene rings is 10. The second-order valence-electron chi connectivity index (χ2n) is 16.3. The highest BCUT2D eigenvalue weighted by atomic mass is 14.7. The first-order chi connectivity index (χ1) is 29.5. The van der Waals surface area contributed by atoms with E-state index in [4.69, 9.17) is 9.97 Å². The van der Waals surface area contributed by atoms with E-state index in [1.165, 1.54) is 71.1 Å². The summed E-state index contributed by atoms with van der Waals surface area (Å²) in [6.07, 6.45) is 0. The monoisotopic (exact) mass is 762 g/mol. The predicted molar refractivity (Wildman–Crippen MR) is 256 cm³/mol. The summed E-state index contributed by atoms with van der Waals surface area (Å²) in [5.74, 6) is 0. The first kappa shape index (κ1) is 34.4. The average Bonchev–Trinajstić information content (AvgIpc) is 3.30. The molecule has 0 fully saturated rings. The maximum atomic E-state index is 5.38. The van der Waals surface area contributed by atoms with E-state index in [0.29, 0.717) is 0 Å². The Kier molecular flexibility index (Phi) is 7.70. The minimum absolute atomic E-state index is 0.960. The average molecular weight is 763 g/mol. The van der Waals surface area contributed by atoms with Crippen molar-refractivity contribution < 1.29 is 0 Å². The smallest absolute Gasteiger partial charge is 0.0788 e. The summed E-state index contributed by atoms with van der Waals surface area (Å²) in [6.45, 7) is 4.41. The lowest BCUT2D eigenvalue weighted by molar-refractivity contribution is 1.41. The Hall–Kier alpha value is -7.68. The van der Waals surface area contributed by atoms with Crippen LogP contribution in [0.1, 0.15) is 11.1 Å². The number of aryl methyl sites for hydroxylation is 2. The fourth-order valence-corrected chi connectivity index (χ4v) is 9.54. The first-order valence-corrected chi connectivity index (χ1v) is 20.7. The molecule has 2 heterocycles. The van der Waals surface area contributed by atoms with Crippen LogP contribution in [0.5, 0.6) is 0 Å². The van der Waals surface area contributed by atoms with Crippen molar-refractivity contribution in [2.24, 2.45) is 0 Å². The zero-order valence-corrected chi connectivity index (χ0v) is 33.4. The second-order valence-corrected chi connectivity index (χ2v) is 16.3. The van der Waals surface area contributed by atoms with E-state index in [1.807, 2.05) is 0 Å². The van der Waals surface area contributed by atoms with Gasteiger partial charge in [0.25, 0.3) is 0 Å². The standard InChI is InChI=1S/C58H38N2/c1-35-11-13-38-7-3-5-9-49(38)55(35)46-25-19-40-17-21-42-27-29-53(59-57(42)51(40)33-46)44-23-15-37-16-24-45(32-48(37)31-44)54-30-28-43-22-18-41-20-26-47(34-52(41)58(43)60-54)56-36(2)12-14-39-8-4-6-10-50(39)56/h3-34H,1-2H3. The van der Waals surface area contributed by atoms with Gasteiger partial charge in [-0.1, -0.05) is 158 Å². The molecule has 0 saturated carbocycles. The number of pyridine rings is 2. The molecule has 60 heavy (non-hydrogen) atoms. The van der Waals surface area contributed by atoms with Gasteiger partial charge < -0.3 is 0 Å². The van der Waals surface area contributed by atoms with Crippen LogP contribution in [0, 0.1) is 13.8 Å². The summed E-state index contributed by atoms with van der Waals surface area (Å²) in [7, 11) is 0. The van der Waals surface area contributed by atoms with Crippen LogP contribution in [-0.4, -0.2) is 9.97 Å². The molecule has 2 nitrogen and oxygen atoms in total. The zero-order valence-electron chi connectivity index (χ0n) is 33.4. The van der Waals surface area contributed by atoms with Crippen LogP contribution in [0.4, 0.5) is 0 Å². The predicted octanol–water partition coefficient (Wildman–Crippen LogP) is 15.8. The van der Waals surface area contributed by atoms with Crippen molar-refractivity contribution in [3.05, 3.63) is 205 Å². The van der Waals surface area contributed by atoms with E-state index in [0.717, 1.165) is 60.5 Å². The van der Waals surface area contributed by atoms with Crippen molar-refractivity contribution in [2.45, 2.75) is 13.8 Å². The summed E-state index contributed by atoms with van der Waals surface area (Å²) in [4.78, 5) is 10.8. The molecule has 10 aromatic carbocycles. The summed E-state index contributed by atoms with van der Waals surface area (Å²) in [6, 6.07) is 70.8. The third-order valence-electron chi connectivity index (χ3n) is 12.6.